The van der Waals surface area contributed by atoms with Crippen molar-refractivity contribution in [3.05, 3.63) is 30.5 Å². The number of rotatable bonds is 0. The van der Waals surface area contributed by atoms with Crippen LogP contribution in [0.15, 0.2) is 30.5 Å². The summed E-state index contributed by atoms with van der Waals surface area (Å²) in [5, 5.41) is 9.09. The number of hydrogen-bond donors (Lipinski definition) is 0. The number of aromatic nitrogens is 2. The Morgan fingerprint density at radius 2 is 2.00 bits per heavy atom. The van der Waals surface area contributed by atoms with Crippen LogP contribution in [0.2, 0.25) is 0 Å². The predicted molar refractivity (Wildman–Crippen MR) is 47.7 cm³/mol. The number of fused-ring (bicyclic) bond motifs is 1. The fourth-order valence-corrected chi connectivity index (χ4v) is 1.68. The summed E-state index contributed by atoms with van der Waals surface area (Å²) in [5.41, 5.74) is 0.981. The molecule has 11 heavy (non-hydrogen) atoms. The van der Waals surface area contributed by atoms with Crippen LogP contribution in [0.25, 0.3) is 10.9 Å². The molecule has 2 aromatic rings. The third-order valence-electron chi connectivity index (χ3n) is 1.58. The van der Waals surface area contributed by atoms with Gasteiger partial charge in [-0.25, -0.2) is 0 Å². The van der Waals surface area contributed by atoms with Crippen LogP contribution in [0.3, 0.4) is 0 Å². The topological polar surface area (TPSA) is 25.8 Å². The van der Waals surface area contributed by atoms with E-state index in [1.165, 1.54) is 9.74 Å². The molecule has 0 fully saturated rings. The van der Waals surface area contributed by atoms with Crippen LogP contribution in [-0.2, 0) is 0 Å². The second-order valence-electron chi connectivity index (χ2n) is 2.32. The van der Waals surface area contributed by atoms with Gasteiger partial charge in [0.2, 0.25) is 0 Å². The molecule has 0 amide bonds. The Kier molecular flexibility index (Phi) is 1.63. The van der Waals surface area contributed by atoms with E-state index in [4.69, 9.17) is 0 Å². The molecule has 2 nitrogen and oxygen atoms in total. The van der Waals surface area contributed by atoms with Crippen molar-refractivity contribution < 1.29 is 0 Å². The fourth-order valence-electron chi connectivity index (χ4n) is 1.03. The maximum atomic E-state index is 4.00. The molecule has 1 heterocycles. The molecule has 1 aromatic carbocycles. The summed E-state index contributed by atoms with van der Waals surface area (Å²) in [5.74, 6) is 0. The van der Waals surface area contributed by atoms with Crippen molar-refractivity contribution in [1.29, 1.82) is 0 Å². The molecule has 0 saturated carbocycles. The van der Waals surface area contributed by atoms with Gasteiger partial charge in [0.15, 0.2) is 0 Å². The first kappa shape index (κ1) is 6.81. The minimum atomic E-state index is 0.981. The van der Waals surface area contributed by atoms with E-state index in [1.807, 2.05) is 24.4 Å². The molecule has 0 bridgehead atoms. The van der Waals surface area contributed by atoms with Gasteiger partial charge in [0, 0.05) is 0 Å². The zero-order chi connectivity index (χ0) is 7.68. The van der Waals surface area contributed by atoms with Crippen LogP contribution >= 0.6 is 0 Å². The van der Waals surface area contributed by atoms with Gasteiger partial charge in [-0.2, -0.15) is 0 Å². The van der Waals surface area contributed by atoms with Gasteiger partial charge < -0.3 is 0 Å². The molecule has 1 atom stereocenters. The van der Waals surface area contributed by atoms with E-state index < -0.39 is 0 Å². The van der Waals surface area contributed by atoms with Gasteiger partial charge in [-0.15, -0.1) is 0 Å². The van der Waals surface area contributed by atoms with Gasteiger partial charge in [-0.05, 0) is 0 Å². The van der Waals surface area contributed by atoms with Crippen molar-refractivity contribution in [3.63, 3.8) is 0 Å². The average Bonchev–Trinajstić information content (AvgIpc) is 2.06. The number of nitrogens with zero attached hydrogens (tertiary/aromatic N) is 2. The maximum absolute atomic E-state index is 4.00. The molecule has 1 unspecified atom stereocenters. The zero-order valence-corrected chi connectivity index (χ0v) is 8.28. The molecule has 0 aliphatic rings. The predicted octanol–water partition coefficient (Wildman–Crippen LogP) is -0.112. The summed E-state index contributed by atoms with van der Waals surface area (Å²) in [6.07, 6.45) is 1.81. The molecule has 1 aromatic heterocycles. The molecule has 0 spiro atoms. The van der Waals surface area contributed by atoms with Gasteiger partial charge in [0.1, 0.15) is 0 Å². The Hall–Kier alpha value is -0.882. The van der Waals surface area contributed by atoms with Gasteiger partial charge in [-0.3, -0.25) is 0 Å². The van der Waals surface area contributed by atoms with E-state index in [9.17, 15) is 0 Å². The van der Waals surface area contributed by atoms with Crippen LogP contribution < -0.4 is 4.35 Å². The monoisotopic (exact) mass is 206 g/mol. The molecular formula is C8H7AsN2. The van der Waals surface area contributed by atoms with Gasteiger partial charge in [0.05, 0.1) is 0 Å². The normalized spacial score (nSPS) is 10.3. The van der Waals surface area contributed by atoms with Crippen molar-refractivity contribution in [1.82, 2.24) is 10.2 Å². The number of benzene rings is 1. The summed E-state index contributed by atoms with van der Waals surface area (Å²) >= 11 is 1.59. The third-order valence-corrected chi connectivity index (χ3v) is 2.54. The van der Waals surface area contributed by atoms with E-state index in [2.05, 4.69) is 16.3 Å². The average molecular weight is 206 g/mol. The first-order chi connectivity index (χ1) is 5.38. The molecule has 0 aliphatic heterocycles. The Labute approximate surface area is 73.1 Å². The summed E-state index contributed by atoms with van der Waals surface area (Å²) in [7, 11) is 0. The van der Waals surface area contributed by atoms with E-state index in [0.717, 1.165) is 5.52 Å². The Balaban J connectivity index is 2.91. The third kappa shape index (κ3) is 1.14. The Bertz CT molecular complexity index is 381. The van der Waals surface area contributed by atoms with Crippen molar-refractivity contribution in [2.45, 2.75) is 0 Å². The molecule has 54 valence electrons. The molecule has 2 rings (SSSR count). The van der Waals surface area contributed by atoms with Gasteiger partial charge in [0.25, 0.3) is 0 Å². The quantitative estimate of drug-likeness (QED) is 0.562. The summed E-state index contributed by atoms with van der Waals surface area (Å²) in [4.78, 5) is 0. The Morgan fingerprint density at radius 3 is 2.82 bits per heavy atom. The van der Waals surface area contributed by atoms with Crippen molar-refractivity contribution in [3.8, 4) is 0 Å². The summed E-state index contributed by atoms with van der Waals surface area (Å²) < 4.78 is 1.24. The van der Waals surface area contributed by atoms with Crippen molar-refractivity contribution in [2.75, 3.05) is 0 Å². The molecule has 0 N–H and O–H groups in total. The molecule has 0 radical (unpaired) electrons. The second kappa shape index (κ2) is 2.63. The second-order valence-corrected chi connectivity index (χ2v) is 3.62. The zero-order valence-electron chi connectivity index (χ0n) is 5.86. The fraction of sp³-hybridized carbons (Fsp3) is 0. The first-order valence-electron chi connectivity index (χ1n) is 3.34. The van der Waals surface area contributed by atoms with E-state index in [-0.39, 0.29) is 0 Å². The minimum absolute atomic E-state index is 0.981. The van der Waals surface area contributed by atoms with Crippen LogP contribution in [-0.4, -0.2) is 27.1 Å². The van der Waals surface area contributed by atoms with Gasteiger partial charge in [-0.1, -0.05) is 0 Å². The molecule has 0 aliphatic carbocycles. The molecule has 0 saturated heterocycles. The first-order valence-corrected chi connectivity index (χ1v) is 4.55. The van der Waals surface area contributed by atoms with E-state index in [1.54, 1.807) is 16.9 Å². The standard InChI is InChI=1S/C8H7AsN2/c9-7-5-10-11-8-4-2-1-3-6(7)8/h1-5H,9H2. The molecule has 3 heteroatoms. The van der Waals surface area contributed by atoms with E-state index >= 15 is 0 Å². The van der Waals surface area contributed by atoms with Crippen LogP contribution in [0, 0.1) is 0 Å². The van der Waals surface area contributed by atoms with Crippen LogP contribution in [0.4, 0.5) is 0 Å². The summed E-state index contributed by atoms with van der Waals surface area (Å²) in [6.45, 7) is 0. The van der Waals surface area contributed by atoms with E-state index in [0.29, 0.717) is 0 Å². The SMILES string of the molecule is [AsH2]c1cnnc2ccccc12. The van der Waals surface area contributed by atoms with Crippen molar-refractivity contribution >= 4 is 32.1 Å². The van der Waals surface area contributed by atoms with Crippen LogP contribution in [0.1, 0.15) is 0 Å². The van der Waals surface area contributed by atoms with Crippen molar-refractivity contribution in [2.24, 2.45) is 0 Å². The summed E-state index contributed by atoms with van der Waals surface area (Å²) in [6, 6.07) is 8.04. The number of hydrogen-bond acceptors (Lipinski definition) is 2. The van der Waals surface area contributed by atoms with Gasteiger partial charge >= 0.3 is 72.8 Å². The Morgan fingerprint density at radius 1 is 1.18 bits per heavy atom. The molecular weight excluding hydrogens is 199 g/mol. The van der Waals surface area contributed by atoms with Crippen LogP contribution in [0.5, 0.6) is 0 Å².